The van der Waals surface area contributed by atoms with Gasteiger partial charge in [0.1, 0.15) is 16.9 Å². The Morgan fingerprint density at radius 2 is 1.74 bits per heavy atom. The van der Waals surface area contributed by atoms with Crippen molar-refractivity contribution in [2.45, 2.75) is 45.8 Å². The van der Waals surface area contributed by atoms with E-state index in [2.05, 4.69) is 15.3 Å². The van der Waals surface area contributed by atoms with Crippen LogP contribution in [0.25, 0.3) is 11.4 Å². The molecule has 0 unspecified atom stereocenters. The van der Waals surface area contributed by atoms with Crippen molar-refractivity contribution in [2.24, 2.45) is 5.92 Å². The van der Waals surface area contributed by atoms with Crippen molar-refractivity contribution in [1.82, 2.24) is 25.1 Å². The number of carbonyl (C=O) groups excluding carboxylic acids is 3. The van der Waals surface area contributed by atoms with Gasteiger partial charge in [-0.15, -0.1) is 0 Å². The van der Waals surface area contributed by atoms with Crippen LogP contribution in [0.4, 0.5) is 18.0 Å². The monoisotopic (exact) mass is 569 g/mol. The van der Waals surface area contributed by atoms with Crippen LogP contribution in [0.2, 0.25) is 5.15 Å². The van der Waals surface area contributed by atoms with E-state index in [0.717, 1.165) is 25.0 Å². The Hall–Kier alpha value is -3.41. The highest BCUT2D eigenvalue weighted by Gasteiger charge is 2.33. The minimum absolute atomic E-state index is 0.0314. The van der Waals surface area contributed by atoms with Crippen LogP contribution in [-0.4, -0.2) is 76.5 Å². The summed E-state index contributed by atoms with van der Waals surface area (Å²) in [6, 6.07) is 4.63. The zero-order valence-corrected chi connectivity index (χ0v) is 22.7. The lowest BCUT2D eigenvalue weighted by molar-refractivity contribution is -0.137. The van der Waals surface area contributed by atoms with Gasteiger partial charge in [0.15, 0.2) is 5.82 Å². The first-order valence-corrected chi connectivity index (χ1v) is 13.0. The summed E-state index contributed by atoms with van der Waals surface area (Å²) in [4.78, 5) is 49.8. The summed E-state index contributed by atoms with van der Waals surface area (Å²) in [6.45, 7) is 7.04. The Balaban J connectivity index is 1.70. The Labute approximate surface area is 229 Å². The van der Waals surface area contributed by atoms with Crippen molar-refractivity contribution in [3.63, 3.8) is 0 Å². The fourth-order valence-corrected chi connectivity index (χ4v) is 4.11. The summed E-state index contributed by atoms with van der Waals surface area (Å²) >= 11 is 6.07. The number of halogens is 4. The second-order valence-electron chi connectivity index (χ2n) is 9.45. The molecule has 3 rings (SSSR count). The van der Waals surface area contributed by atoms with Crippen molar-refractivity contribution in [3.8, 4) is 11.4 Å². The highest BCUT2D eigenvalue weighted by molar-refractivity contribution is 6.29. The molecule has 9 nitrogen and oxygen atoms in total. The molecular formula is C26H31ClF3N5O4. The molecule has 1 saturated heterocycles. The number of nitrogens with one attached hydrogen (secondary N) is 1. The molecule has 0 aliphatic carbocycles. The number of nitrogens with zero attached hydrogens (tertiary/aromatic N) is 4. The summed E-state index contributed by atoms with van der Waals surface area (Å²) in [7, 11) is 0. The van der Waals surface area contributed by atoms with E-state index in [1.54, 1.807) is 23.6 Å². The van der Waals surface area contributed by atoms with Gasteiger partial charge < -0.3 is 19.9 Å². The van der Waals surface area contributed by atoms with Crippen LogP contribution in [0, 0.1) is 5.92 Å². The number of unbranched alkanes of at least 4 members (excludes halogenated alkanes) is 1. The number of hydrogen-bond acceptors (Lipinski definition) is 6. The number of piperazine rings is 1. The maximum absolute atomic E-state index is 13.3. The second-order valence-corrected chi connectivity index (χ2v) is 9.84. The predicted octanol–water partition coefficient (Wildman–Crippen LogP) is 4.65. The minimum Gasteiger partial charge on any atom is -0.449 e. The van der Waals surface area contributed by atoms with E-state index in [9.17, 15) is 27.6 Å². The topological polar surface area (TPSA) is 105 Å². The molecule has 1 aliphatic rings. The fourth-order valence-electron chi connectivity index (χ4n) is 3.93. The molecule has 39 heavy (non-hydrogen) atoms. The molecule has 1 aliphatic heterocycles. The minimum atomic E-state index is -4.57. The first kappa shape index (κ1) is 30.1. The standard InChI is InChI=1S/C26H31ClF3N5O4/c1-4-5-13-39-25(38)35-11-9-34(10-12-35)24(37)21(16(2)3)33-23(36)19-15-20(27)32-22(31-19)17-7-6-8-18(14-17)26(28,29)30/h6-8,14-16,21H,4-5,9-13H2,1-3H3,(H,33,36)/t21-/m0/s1. The van der Waals surface area contributed by atoms with E-state index in [1.807, 2.05) is 6.92 Å². The smallest absolute Gasteiger partial charge is 0.416 e. The number of amides is 3. The number of aromatic nitrogens is 2. The molecule has 1 atom stereocenters. The van der Waals surface area contributed by atoms with E-state index in [0.29, 0.717) is 19.7 Å². The van der Waals surface area contributed by atoms with Crippen LogP contribution in [-0.2, 0) is 15.7 Å². The van der Waals surface area contributed by atoms with E-state index < -0.39 is 29.8 Å². The first-order chi connectivity index (χ1) is 18.4. The highest BCUT2D eigenvalue weighted by atomic mass is 35.5. The molecule has 1 aromatic heterocycles. The van der Waals surface area contributed by atoms with Gasteiger partial charge >= 0.3 is 12.3 Å². The molecule has 0 bridgehead atoms. The van der Waals surface area contributed by atoms with Crippen molar-refractivity contribution in [2.75, 3.05) is 32.8 Å². The summed E-state index contributed by atoms with van der Waals surface area (Å²) in [5.74, 6) is -1.50. The largest absolute Gasteiger partial charge is 0.449 e. The molecular weight excluding hydrogens is 539 g/mol. The molecule has 13 heteroatoms. The Morgan fingerprint density at radius 3 is 2.36 bits per heavy atom. The molecule has 2 heterocycles. The number of hydrogen-bond donors (Lipinski definition) is 1. The van der Waals surface area contributed by atoms with Gasteiger partial charge in [0.25, 0.3) is 5.91 Å². The maximum atomic E-state index is 13.3. The molecule has 212 valence electrons. The quantitative estimate of drug-likeness (QED) is 0.366. The zero-order valence-electron chi connectivity index (χ0n) is 21.9. The third-order valence-electron chi connectivity index (χ3n) is 6.17. The molecule has 0 spiro atoms. The van der Waals surface area contributed by atoms with Gasteiger partial charge in [-0.2, -0.15) is 13.2 Å². The van der Waals surface area contributed by atoms with Crippen LogP contribution >= 0.6 is 11.6 Å². The van der Waals surface area contributed by atoms with Crippen LogP contribution in [0.5, 0.6) is 0 Å². The van der Waals surface area contributed by atoms with Crippen LogP contribution in [0.3, 0.4) is 0 Å². The number of alkyl halides is 3. The Bertz CT molecular complexity index is 1190. The lowest BCUT2D eigenvalue weighted by Gasteiger charge is -2.36. The van der Waals surface area contributed by atoms with Gasteiger partial charge in [-0.3, -0.25) is 9.59 Å². The van der Waals surface area contributed by atoms with Gasteiger partial charge in [0.2, 0.25) is 5.91 Å². The number of benzene rings is 1. The van der Waals surface area contributed by atoms with Crippen molar-refractivity contribution in [3.05, 3.63) is 46.7 Å². The van der Waals surface area contributed by atoms with Gasteiger partial charge in [0.05, 0.1) is 12.2 Å². The van der Waals surface area contributed by atoms with Gasteiger partial charge in [-0.1, -0.05) is 50.9 Å². The van der Waals surface area contributed by atoms with E-state index in [1.165, 1.54) is 18.2 Å². The summed E-state index contributed by atoms with van der Waals surface area (Å²) in [5.41, 5.74) is -1.06. The average Bonchev–Trinajstić information content (AvgIpc) is 2.90. The molecule has 0 saturated carbocycles. The Morgan fingerprint density at radius 1 is 1.08 bits per heavy atom. The molecule has 2 aromatic rings. The SMILES string of the molecule is CCCCOC(=O)N1CCN(C(=O)[C@@H](NC(=O)c2cc(Cl)nc(-c3cccc(C(F)(F)F)c3)n2)C(C)C)CC1. The fraction of sp³-hybridized carbons (Fsp3) is 0.500. The van der Waals surface area contributed by atoms with Gasteiger partial charge in [0, 0.05) is 37.8 Å². The third-order valence-corrected chi connectivity index (χ3v) is 6.36. The van der Waals surface area contributed by atoms with Crippen molar-refractivity contribution >= 4 is 29.5 Å². The number of rotatable bonds is 8. The van der Waals surface area contributed by atoms with Gasteiger partial charge in [-0.25, -0.2) is 14.8 Å². The number of carbonyl (C=O) groups is 3. The summed E-state index contributed by atoms with van der Waals surface area (Å²) in [6.07, 6.45) is -3.30. The van der Waals surface area contributed by atoms with Crippen molar-refractivity contribution in [1.29, 1.82) is 0 Å². The normalized spacial score (nSPS) is 14.8. The molecule has 1 N–H and O–H groups in total. The number of ether oxygens (including phenoxy) is 1. The van der Waals surface area contributed by atoms with E-state index in [4.69, 9.17) is 16.3 Å². The van der Waals surface area contributed by atoms with Crippen LogP contribution in [0.1, 0.15) is 49.7 Å². The predicted molar refractivity (Wildman–Crippen MR) is 138 cm³/mol. The van der Waals surface area contributed by atoms with Crippen LogP contribution < -0.4 is 5.32 Å². The van der Waals surface area contributed by atoms with Gasteiger partial charge in [-0.05, 0) is 24.5 Å². The second kappa shape index (κ2) is 13.1. The Kier molecular flexibility index (Phi) is 10.1. The third kappa shape index (κ3) is 8.04. The lowest BCUT2D eigenvalue weighted by Crippen LogP contribution is -2.57. The van der Waals surface area contributed by atoms with E-state index >= 15 is 0 Å². The average molecular weight is 570 g/mol. The van der Waals surface area contributed by atoms with Crippen molar-refractivity contribution < 1.29 is 32.3 Å². The highest BCUT2D eigenvalue weighted by Crippen LogP contribution is 2.31. The molecule has 1 fully saturated rings. The van der Waals surface area contributed by atoms with Crippen LogP contribution in [0.15, 0.2) is 30.3 Å². The lowest BCUT2D eigenvalue weighted by atomic mass is 10.0. The summed E-state index contributed by atoms with van der Waals surface area (Å²) in [5, 5.41) is 2.53. The maximum Gasteiger partial charge on any atom is 0.416 e. The molecule has 0 radical (unpaired) electrons. The first-order valence-electron chi connectivity index (χ1n) is 12.6. The van der Waals surface area contributed by atoms with E-state index in [-0.39, 0.29) is 47.1 Å². The molecule has 1 aromatic carbocycles. The molecule has 3 amide bonds. The summed E-state index contributed by atoms with van der Waals surface area (Å²) < 4.78 is 44.7. The zero-order chi connectivity index (χ0) is 28.7.